The molecule has 0 bridgehead atoms. The summed E-state index contributed by atoms with van der Waals surface area (Å²) in [5.41, 5.74) is 0.693. The van der Waals surface area contributed by atoms with E-state index in [1.165, 1.54) is 4.90 Å². The smallest absolute Gasteiger partial charge is 0.326 e. The Bertz CT molecular complexity index is 842. The summed E-state index contributed by atoms with van der Waals surface area (Å²) < 4.78 is 5.00. The van der Waals surface area contributed by atoms with Crippen molar-refractivity contribution >= 4 is 29.4 Å². The number of esters is 1. The van der Waals surface area contributed by atoms with E-state index in [1.807, 2.05) is 13.8 Å². The van der Waals surface area contributed by atoms with Crippen LogP contribution in [-0.2, 0) is 14.3 Å². The quantitative estimate of drug-likeness (QED) is 0.614. The fourth-order valence-corrected chi connectivity index (χ4v) is 2.31. The van der Waals surface area contributed by atoms with E-state index in [9.17, 15) is 14.4 Å². The molecule has 0 spiro atoms. The van der Waals surface area contributed by atoms with Gasteiger partial charge in [-0.25, -0.2) is 9.97 Å². The predicted octanol–water partition coefficient (Wildman–Crippen LogP) is 1.48. The summed E-state index contributed by atoms with van der Waals surface area (Å²) in [7, 11) is 1.64. The number of ether oxygens (including phenoxy) is 1. The summed E-state index contributed by atoms with van der Waals surface area (Å²) in [6.45, 7) is 3.93. The topological polar surface area (TPSA) is 114 Å². The van der Waals surface area contributed by atoms with Gasteiger partial charge >= 0.3 is 5.97 Å². The number of carbonyl (C=O) groups is 3. The number of rotatable bonds is 9. The van der Waals surface area contributed by atoms with Gasteiger partial charge < -0.3 is 20.3 Å². The molecule has 1 aromatic heterocycles. The molecule has 9 heteroatoms. The van der Waals surface area contributed by atoms with E-state index < -0.39 is 18.5 Å². The van der Waals surface area contributed by atoms with Crippen LogP contribution < -0.4 is 15.5 Å². The zero-order valence-electron chi connectivity index (χ0n) is 16.7. The number of nitrogens with zero attached hydrogens (tertiary/aromatic N) is 3. The summed E-state index contributed by atoms with van der Waals surface area (Å²) in [6, 6.07) is 8.31. The van der Waals surface area contributed by atoms with Crippen molar-refractivity contribution in [3.05, 3.63) is 48.3 Å². The monoisotopic (exact) mass is 399 g/mol. The second kappa shape index (κ2) is 10.7. The van der Waals surface area contributed by atoms with Crippen molar-refractivity contribution in [1.29, 1.82) is 0 Å². The minimum Gasteiger partial charge on any atom is -0.454 e. The van der Waals surface area contributed by atoms with Crippen molar-refractivity contribution in [1.82, 2.24) is 15.3 Å². The Morgan fingerprint density at radius 1 is 1.10 bits per heavy atom. The second-order valence-electron chi connectivity index (χ2n) is 6.76. The molecular formula is C20H25N5O4. The molecule has 1 aromatic carbocycles. The third-order valence-electron chi connectivity index (χ3n) is 3.74. The van der Waals surface area contributed by atoms with Crippen LogP contribution in [0.4, 0.5) is 11.6 Å². The van der Waals surface area contributed by atoms with Gasteiger partial charge in [0, 0.05) is 26.0 Å². The highest BCUT2D eigenvalue weighted by atomic mass is 16.5. The molecule has 9 nitrogen and oxygen atoms in total. The molecule has 2 N–H and O–H groups in total. The molecule has 0 aliphatic heterocycles. The lowest BCUT2D eigenvalue weighted by atomic mass is 10.1. The van der Waals surface area contributed by atoms with Crippen LogP contribution in [0, 0.1) is 5.92 Å². The summed E-state index contributed by atoms with van der Waals surface area (Å²) in [4.78, 5) is 46.0. The third-order valence-corrected chi connectivity index (χ3v) is 3.74. The molecule has 0 saturated heterocycles. The molecule has 29 heavy (non-hydrogen) atoms. The van der Waals surface area contributed by atoms with Gasteiger partial charge in [0.1, 0.15) is 6.54 Å². The fraction of sp³-hybridized carbons (Fsp3) is 0.350. The lowest BCUT2D eigenvalue weighted by Gasteiger charge is -2.15. The number of aromatic nitrogens is 2. The predicted molar refractivity (Wildman–Crippen MR) is 109 cm³/mol. The number of hydrogen-bond donors (Lipinski definition) is 2. The van der Waals surface area contributed by atoms with Gasteiger partial charge in [-0.2, -0.15) is 0 Å². The van der Waals surface area contributed by atoms with Crippen LogP contribution in [-0.4, -0.2) is 54.5 Å². The van der Waals surface area contributed by atoms with Gasteiger partial charge in [0.2, 0.25) is 5.95 Å². The molecule has 2 rings (SSSR count). The lowest BCUT2D eigenvalue weighted by molar-refractivity contribution is -0.145. The van der Waals surface area contributed by atoms with Crippen molar-refractivity contribution in [2.24, 2.45) is 5.92 Å². The van der Waals surface area contributed by atoms with Crippen molar-refractivity contribution in [3.8, 4) is 0 Å². The Hall–Kier alpha value is -3.49. The summed E-state index contributed by atoms with van der Waals surface area (Å²) in [5, 5.41) is 5.41. The molecule has 0 fully saturated rings. The van der Waals surface area contributed by atoms with E-state index in [1.54, 1.807) is 49.8 Å². The maximum atomic E-state index is 12.3. The average Bonchev–Trinajstić information content (AvgIpc) is 2.71. The minimum atomic E-state index is -0.599. The van der Waals surface area contributed by atoms with Crippen LogP contribution in [0.1, 0.15) is 24.2 Å². The lowest BCUT2D eigenvalue weighted by Crippen LogP contribution is -2.31. The van der Waals surface area contributed by atoms with Crippen molar-refractivity contribution in [2.45, 2.75) is 13.8 Å². The molecule has 2 aromatic rings. The molecule has 0 aliphatic carbocycles. The van der Waals surface area contributed by atoms with E-state index in [-0.39, 0.29) is 12.5 Å². The normalized spacial score (nSPS) is 10.3. The minimum absolute atomic E-state index is 0.106. The van der Waals surface area contributed by atoms with E-state index in [2.05, 4.69) is 20.6 Å². The summed E-state index contributed by atoms with van der Waals surface area (Å²) >= 11 is 0. The summed E-state index contributed by atoms with van der Waals surface area (Å²) in [5.74, 6) is -0.745. The Balaban J connectivity index is 1.86. The number of benzene rings is 1. The van der Waals surface area contributed by atoms with Crippen LogP contribution in [0.2, 0.25) is 0 Å². The second-order valence-corrected chi connectivity index (χ2v) is 6.76. The average molecular weight is 399 g/mol. The van der Waals surface area contributed by atoms with Crippen molar-refractivity contribution in [2.75, 3.05) is 37.0 Å². The molecule has 0 aliphatic rings. The number of likely N-dealkylation sites (N-methyl/N-ethyl adjacent to an activating group) is 1. The first-order valence-electron chi connectivity index (χ1n) is 9.17. The molecule has 0 radical (unpaired) electrons. The Labute approximate surface area is 169 Å². The largest absolute Gasteiger partial charge is 0.454 e. The summed E-state index contributed by atoms with van der Waals surface area (Å²) in [6.07, 6.45) is 3.12. The maximum absolute atomic E-state index is 12.3. The van der Waals surface area contributed by atoms with E-state index in [4.69, 9.17) is 4.74 Å². The van der Waals surface area contributed by atoms with Gasteiger partial charge in [0.05, 0.1) is 11.3 Å². The van der Waals surface area contributed by atoms with Crippen molar-refractivity contribution in [3.63, 3.8) is 0 Å². The molecule has 0 saturated carbocycles. The number of anilines is 2. The van der Waals surface area contributed by atoms with Crippen molar-refractivity contribution < 1.29 is 19.1 Å². The van der Waals surface area contributed by atoms with Crippen LogP contribution in [0.25, 0.3) is 0 Å². The van der Waals surface area contributed by atoms with E-state index >= 15 is 0 Å². The Morgan fingerprint density at radius 2 is 1.79 bits per heavy atom. The number of amides is 2. The molecule has 2 amide bonds. The third kappa shape index (κ3) is 7.21. The van der Waals surface area contributed by atoms with Crippen LogP contribution in [0.3, 0.4) is 0 Å². The van der Waals surface area contributed by atoms with E-state index in [0.29, 0.717) is 29.7 Å². The highest BCUT2D eigenvalue weighted by Crippen LogP contribution is 2.15. The number of carbonyl (C=O) groups excluding carboxylic acids is 3. The molecule has 1 heterocycles. The maximum Gasteiger partial charge on any atom is 0.326 e. The molecular weight excluding hydrogens is 374 g/mol. The zero-order chi connectivity index (χ0) is 21.2. The highest BCUT2D eigenvalue weighted by molar-refractivity contribution is 6.04. The highest BCUT2D eigenvalue weighted by Gasteiger charge is 2.15. The van der Waals surface area contributed by atoms with Gasteiger partial charge in [0.15, 0.2) is 6.61 Å². The van der Waals surface area contributed by atoms with E-state index in [0.717, 1.165) is 0 Å². The Kier molecular flexibility index (Phi) is 8.08. The van der Waals surface area contributed by atoms with Crippen LogP contribution >= 0.6 is 0 Å². The van der Waals surface area contributed by atoms with Gasteiger partial charge in [-0.3, -0.25) is 14.4 Å². The number of para-hydroxylation sites is 1. The van der Waals surface area contributed by atoms with Gasteiger partial charge in [-0.1, -0.05) is 26.0 Å². The van der Waals surface area contributed by atoms with Gasteiger partial charge in [-0.05, 0) is 24.1 Å². The van der Waals surface area contributed by atoms with Gasteiger partial charge in [-0.15, -0.1) is 0 Å². The fourth-order valence-electron chi connectivity index (χ4n) is 2.31. The Morgan fingerprint density at radius 3 is 2.48 bits per heavy atom. The zero-order valence-corrected chi connectivity index (χ0v) is 16.7. The van der Waals surface area contributed by atoms with Crippen LogP contribution in [0.15, 0.2) is 42.7 Å². The number of hydrogen-bond acceptors (Lipinski definition) is 7. The molecule has 154 valence electrons. The first-order chi connectivity index (χ1) is 13.9. The number of nitrogens with one attached hydrogen (secondary N) is 2. The standard InChI is InChI=1S/C20H25N5O4/c1-14(2)11-23-19(28)15-7-4-5-8-16(15)24-17(26)13-29-18(27)12-25(3)20-21-9-6-10-22-20/h4-10,14H,11-13H2,1-3H3,(H,23,28)(H,24,26). The van der Waals surface area contributed by atoms with Crippen LogP contribution in [0.5, 0.6) is 0 Å². The first-order valence-corrected chi connectivity index (χ1v) is 9.17. The SMILES string of the molecule is CC(C)CNC(=O)c1ccccc1NC(=O)COC(=O)CN(C)c1ncccn1. The molecule has 0 unspecified atom stereocenters. The van der Waals surface area contributed by atoms with Gasteiger partial charge in [0.25, 0.3) is 11.8 Å². The first kappa shape index (κ1) is 21.8. The molecule has 0 atom stereocenters.